The summed E-state index contributed by atoms with van der Waals surface area (Å²) in [5.74, 6) is 1.19. The van der Waals surface area contributed by atoms with Crippen molar-refractivity contribution in [2.45, 2.75) is 13.3 Å². The van der Waals surface area contributed by atoms with E-state index in [9.17, 15) is 8.42 Å². The van der Waals surface area contributed by atoms with Crippen LogP contribution < -0.4 is 5.32 Å². The maximum absolute atomic E-state index is 11.0. The first-order valence-corrected chi connectivity index (χ1v) is 6.43. The molecule has 0 radical (unpaired) electrons. The zero-order valence-corrected chi connectivity index (χ0v) is 8.52. The molecule has 0 bridgehead atoms. The lowest BCUT2D eigenvalue weighted by Gasteiger charge is -2.16. The molecule has 0 saturated carbocycles. The van der Waals surface area contributed by atoms with Gasteiger partial charge in [0, 0.05) is 6.26 Å². The fourth-order valence-corrected chi connectivity index (χ4v) is 3.00. The van der Waals surface area contributed by atoms with Crippen molar-refractivity contribution >= 4 is 9.84 Å². The number of rotatable bonds is 3. The van der Waals surface area contributed by atoms with Gasteiger partial charge in [-0.2, -0.15) is 0 Å². The SMILES string of the molecule is CC(CS(C)(=O)=O)C1CCNC1. The number of hydrogen-bond acceptors (Lipinski definition) is 3. The third-order valence-electron chi connectivity index (χ3n) is 2.47. The van der Waals surface area contributed by atoms with Crippen LogP contribution in [0.4, 0.5) is 0 Å². The maximum Gasteiger partial charge on any atom is 0.147 e. The van der Waals surface area contributed by atoms with Crippen molar-refractivity contribution in [3.05, 3.63) is 0 Å². The lowest BCUT2D eigenvalue weighted by molar-refractivity contribution is 0.418. The van der Waals surface area contributed by atoms with Crippen molar-refractivity contribution in [2.75, 3.05) is 25.1 Å². The van der Waals surface area contributed by atoms with Crippen LogP contribution in [0.2, 0.25) is 0 Å². The monoisotopic (exact) mass is 191 g/mol. The van der Waals surface area contributed by atoms with Gasteiger partial charge in [0.05, 0.1) is 5.75 Å². The van der Waals surface area contributed by atoms with Crippen molar-refractivity contribution in [3.8, 4) is 0 Å². The van der Waals surface area contributed by atoms with Gasteiger partial charge in [0.2, 0.25) is 0 Å². The predicted molar refractivity (Wildman–Crippen MR) is 49.9 cm³/mol. The van der Waals surface area contributed by atoms with Gasteiger partial charge in [0.15, 0.2) is 0 Å². The summed E-state index contributed by atoms with van der Waals surface area (Å²) >= 11 is 0. The Kier molecular flexibility index (Phi) is 3.12. The standard InChI is InChI=1S/C8H17NO2S/c1-7(6-12(2,10)11)8-3-4-9-5-8/h7-9H,3-6H2,1-2H3. The van der Waals surface area contributed by atoms with Crippen molar-refractivity contribution in [3.63, 3.8) is 0 Å². The molecule has 1 N–H and O–H groups in total. The molecule has 72 valence electrons. The largest absolute Gasteiger partial charge is 0.316 e. The van der Waals surface area contributed by atoms with Crippen LogP contribution in [0.25, 0.3) is 0 Å². The summed E-state index contributed by atoms with van der Waals surface area (Å²) in [5, 5.41) is 3.24. The van der Waals surface area contributed by atoms with E-state index in [2.05, 4.69) is 5.32 Å². The van der Waals surface area contributed by atoms with Gasteiger partial charge in [-0.15, -0.1) is 0 Å². The van der Waals surface area contributed by atoms with E-state index in [0.29, 0.717) is 17.6 Å². The van der Waals surface area contributed by atoms with Crippen LogP contribution in [-0.4, -0.2) is 33.5 Å². The minimum Gasteiger partial charge on any atom is -0.316 e. The molecular formula is C8H17NO2S. The number of nitrogens with one attached hydrogen (secondary N) is 1. The summed E-state index contributed by atoms with van der Waals surface area (Å²) in [5.41, 5.74) is 0. The van der Waals surface area contributed by atoms with Gasteiger partial charge in [-0.1, -0.05) is 6.92 Å². The van der Waals surface area contributed by atoms with Gasteiger partial charge in [-0.05, 0) is 31.3 Å². The second kappa shape index (κ2) is 3.75. The van der Waals surface area contributed by atoms with E-state index in [1.54, 1.807) is 0 Å². The fraction of sp³-hybridized carbons (Fsp3) is 1.00. The Balaban J connectivity index is 2.42. The molecule has 0 amide bonds. The highest BCUT2D eigenvalue weighted by molar-refractivity contribution is 7.90. The van der Waals surface area contributed by atoms with Crippen molar-refractivity contribution < 1.29 is 8.42 Å². The Morgan fingerprint density at radius 3 is 2.67 bits per heavy atom. The smallest absolute Gasteiger partial charge is 0.147 e. The Hall–Kier alpha value is -0.0900. The molecule has 1 aliphatic rings. The maximum atomic E-state index is 11.0. The lowest BCUT2D eigenvalue weighted by atomic mass is 9.95. The van der Waals surface area contributed by atoms with E-state index in [1.807, 2.05) is 6.92 Å². The molecule has 3 nitrogen and oxygen atoms in total. The van der Waals surface area contributed by atoms with Gasteiger partial charge in [-0.25, -0.2) is 8.42 Å². The molecule has 4 heteroatoms. The molecule has 1 rings (SSSR count). The molecule has 0 spiro atoms. The first kappa shape index (κ1) is 9.99. The third-order valence-corrected chi connectivity index (χ3v) is 3.60. The molecule has 1 aliphatic heterocycles. The Labute approximate surface area is 74.5 Å². The van der Waals surface area contributed by atoms with E-state index in [1.165, 1.54) is 6.26 Å². The molecule has 1 fully saturated rings. The van der Waals surface area contributed by atoms with E-state index in [4.69, 9.17) is 0 Å². The highest BCUT2D eigenvalue weighted by atomic mass is 32.2. The Morgan fingerprint density at radius 2 is 2.25 bits per heavy atom. The minimum absolute atomic E-state index is 0.301. The normalized spacial score (nSPS) is 27.3. The van der Waals surface area contributed by atoms with Gasteiger partial charge >= 0.3 is 0 Å². The van der Waals surface area contributed by atoms with Crippen LogP contribution in [0.5, 0.6) is 0 Å². The predicted octanol–water partition coefficient (Wildman–Crippen LogP) is 0.277. The average molecular weight is 191 g/mol. The molecule has 1 saturated heterocycles. The van der Waals surface area contributed by atoms with Gasteiger partial charge in [-0.3, -0.25) is 0 Å². The molecule has 0 aromatic rings. The zero-order chi connectivity index (χ0) is 9.19. The first-order valence-electron chi connectivity index (χ1n) is 4.37. The Morgan fingerprint density at radius 1 is 1.58 bits per heavy atom. The highest BCUT2D eigenvalue weighted by Crippen LogP contribution is 2.19. The summed E-state index contributed by atoms with van der Waals surface area (Å²) in [7, 11) is -2.79. The molecule has 2 atom stereocenters. The minimum atomic E-state index is -2.79. The van der Waals surface area contributed by atoms with Gasteiger partial charge in [0.25, 0.3) is 0 Å². The van der Waals surface area contributed by atoms with E-state index in [-0.39, 0.29) is 0 Å². The summed E-state index contributed by atoms with van der Waals surface area (Å²) in [4.78, 5) is 0. The fourth-order valence-electron chi connectivity index (χ4n) is 1.78. The summed E-state index contributed by atoms with van der Waals surface area (Å²) in [6.07, 6.45) is 2.43. The van der Waals surface area contributed by atoms with E-state index >= 15 is 0 Å². The molecule has 1 heterocycles. The molecule has 2 unspecified atom stereocenters. The van der Waals surface area contributed by atoms with Crippen molar-refractivity contribution in [1.29, 1.82) is 0 Å². The van der Waals surface area contributed by atoms with Crippen LogP contribution in [0, 0.1) is 11.8 Å². The van der Waals surface area contributed by atoms with Crippen LogP contribution in [0.15, 0.2) is 0 Å². The topological polar surface area (TPSA) is 46.2 Å². The number of sulfone groups is 1. The van der Waals surface area contributed by atoms with Crippen LogP contribution in [0.1, 0.15) is 13.3 Å². The summed E-state index contributed by atoms with van der Waals surface area (Å²) < 4.78 is 22.0. The van der Waals surface area contributed by atoms with Crippen LogP contribution in [0.3, 0.4) is 0 Å². The van der Waals surface area contributed by atoms with Crippen LogP contribution >= 0.6 is 0 Å². The molecule has 0 aromatic carbocycles. The van der Waals surface area contributed by atoms with E-state index in [0.717, 1.165) is 19.5 Å². The van der Waals surface area contributed by atoms with E-state index < -0.39 is 9.84 Å². The summed E-state index contributed by atoms with van der Waals surface area (Å²) in [6.45, 7) is 4.05. The highest BCUT2D eigenvalue weighted by Gasteiger charge is 2.23. The zero-order valence-electron chi connectivity index (χ0n) is 7.71. The first-order chi connectivity index (χ1) is 5.49. The van der Waals surface area contributed by atoms with Crippen LogP contribution in [-0.2, 0) is 9.84 Å². The number of hydrogen-bond donors (Lipinski definition) is 1. The molecule has 0 aliphatic carbocycles. The second-order valence-electron chi connectivity index (χ2n) is 3.82. The lowest BCUT2D eigenvalue weighted by Crippen LogP contribution is -2.22. The molecular weight excluding hydrogens is 174 g/mol. The van der Waals surface area contributed by atoms with Gasteiger partial charge in [0.1, 0.15) is 9.84 Å². The third kappa shape index (κ3) is 3.11. The Bertz CT molecular complexity index is 229. The van der Waals surface area contributed by atoms with Crippen molar-refractivity contribution in [1.82, 2.24) is 5.32 Å². The van der Waals surface area contributed by atoms with Crippen molar-refractivity contribution in [2.24, 2.45) is 11.8 Å². The summed E-state index contributed by atoms with van der Waals surface area (Å²) in [6, 6.07) is 0. The quantitative estimate of drug-likeness (QED) is 0.697. The van der Waals surface area contributed by atoms with Gasteiger partial charge < -0.3 is 5.32 Å². The second-order valence-corrected chi connectivity index (χ2v) is 6.01. The molecule has 0 aromatic heterocycles. The average Bonchev–Trinajstić information content (AvgIpc) is 2.32. The molecule has 12 heavy (non-hydrogen) atoms.